The Morgan fingerprint density at radius 1 is 1.57 bits per heavy atom. The Morgan fingerprint density at radius 2 is 2.29 bits per heavy atom. The minimum Gasteiger partial charge on any atom is -0.477 e. The molecule has 0 fully saturated rings. The molecule has 1 aromatic rings. The maximum absolute atomic E-state index is 10.7. The molecule has 1 rings (SSSR count). The van der Waals surface area contributed by atoms with Gasteiger partial charge in [-0.25, -0.2) is 4.79 Å². The van der Waals surface area contributed by atoms with E-state index in [1.165, 1.54) is 0 Å². The van der Waals surface area contributed by atoms with E-state index in [9.17, 15) is 4.79 Å². The van der Waals surface area contributed by atoms with Crippen LogP contribution in [0.1, 0.15) is 36.3 Å². The van der Waals surface area contributed by atoms with E-state index in [0.717, 1.165) is 6.42 Å². The molecule has 14 heavy (non-hydrogen) atoms. The molecule has 0 bridgehead atoms. The Morgan fingerprint density at radius 3 is 2.79 bits per heavy atom. The number of aromatic carboxylic acids is 1. The molecule has 78 valence electrons. The lowest BCUT2D eigenvalue weighted by Gasteiger charge is -2.02. The highest BCUT2D eigenvalue weighted by atomic mass is 16.5. The molecular formula is C9H14N2O3. The van der Waals surface area contributed by atoms with Crippen LogP contribution in [0, 0.1) is 0 Å². The highest BCUT2D eigenvalue weighted by Crippen LogP contribution is 2.19. The Hall–Kier alpha value is -1.52. The molecular weight excluding hydrogens is 184 g/mol. The number of aromatic nitrogens is 2. The van der Waals surface area contributed by atoms with Crippen molar-refractivity contribution in [1.82, 2.24) is 10.2 Å². The molecule has 1 aromatic heterocycles. The van der Waals surface area contributed by atoms with Crippen molar-refractivity contribution < 1.29 is 14.6 Å². The highest BCUT2D eigenvalue weighted by Gasteiger charge is 2.17. The van der Waals surface area contributed by atoms with Gasteiger partial charge < -0.3 is 9.84 Å². The second-order valence-corrected chi connectivity index (χ2v) is 2.89. The largest absolute Gasteiger partial charge is 0.477 e. The Labute approximate surface area is 82.1 Å². The van der Waals surface area contributed by atoms with Gasteiger partial charge in [0, 0.05) is 5.56 Å². The number of nitrogens with zero attached hydrogens (tertiary/aromatic N) is 1. The monoisotopic (exact) mass is 198 g/mol. The van der Waals surface area contributed by atoms with Gasteiger partial charge in [-0.1, -0.05) is 13.8 Å². The fourth-order valence-corrected chi connectivity index (χ4v) is 1.17. The first kappa shape index (κ1) is 10.6. The van der Waals surface area contributed by atoms with Gasteiger partial charge in [0.15, 0.2) is 0 Å². The molecule has 5 heteroatoms. The molecule has 0 amide bonds. The van der Waals surface area contributed by atoms with E-state index < -0.39 is 5.97 Å². The number of ether oxygens (including phenoxy) is 1. The molecule has 0 spiro atoms. The number of carboxylic acid groups (broad SMARTS) is 1. The summed E-state index contributed by atoms with van der Waals surface area (Å²) in [5.74, 6) is -0.590. The molecule has 0 aliphatic carbocycles. The van der Waals surface area contributed by atoms with Gasteiger partial charge in [0.05, 0.1) is 6.61 Å². The molecule has 5 nitrogen and oxygen atoms in total. The fraction of sp³-hybridized carbons (Fsp3) is 0.556. The van der Waals surface area contributed by atoms with E-state index in [-0.39, 0.29) is 5.69 Å². The maximum Gasteiger partial charge on any atom is 0.354 e. The van der Waals surface area contributed by atoms with Crippen LogP contribution in [0.25, 0.3) is 0 Å². The Balaban J connectivity index is 2.89. The summed E-state index contributed by atoms with van der Waals surface area (Å²) in [6.07, 6.45) is 1.47. The number of hydrogen-bond acceptors (Lipinski definition) is 3. The van der Waals surface area contributed by atoms with Crippen LogP contribution in [0.15, 0.2) is 0 Å². The fourth-order valence-electron chi connectivity index (χ4n) is 1.17. The average molecular weight is 198 g/mol. The summed E-state index contributed by atoms with van der Waals surface area (Å²) in [7, 11) is 0. The summed E-state index contributed by atoms with van der Waals surface area (Å²) in [4.78, 5) is 10.7. The first-order chi connectivity index (χ1) is 6.70. The van der Waals surface area contributed by atoms with Crippen LogP contribution in [0.2, 0.25) is 0 Å². The lowest BCUT2D eigenvalue weighted by molar-refractivity contribution is 0.0689. The van der Waals surface area contributed by atoms with Crippen molar-refractivity contribution in [2.45, 2.75) is 26.7 Å². The number of carbonyl (C=O) groups is 1. The minimum atomic E-state index is -0.999. The Bertz CT molecular complexity index is 320. The predicted octanol–water partition coefficient (Wildman–Crippen LogP) is 1.46. The predicted molar refractivity (Wildman–Crippen MR) is 50.7 cm³/mol. The van der Waals surface area contributed by atoms with E-state index in [1.54, 1.807) is 0 Å². The van der Waals surface area contributed by atoms with Crippen LogP contribution < -0.4 is 4.74 Å². The molecule has 0 aliphatic rings. The summed E-state index contributed by atoms with van der Waals surface area (Å²) in [5.41, 5.74) is 0.754. The van der Waals surface area contributed by atoms with Crippen LogP contribution in [0.4, 0.5) is 0 Å². The van der Waals surface area contributed by atoms with Gasteiger partial charge in [0.1, 0.15) is 5.69 Å². The number of nitrogens with one attached hydrogen (secondary N) is 1. The molecule has 1 heterocycles. The first-order valence-electron chi connectivity index (χ1n) is 4.64. The van der Waals surface area contributed by atoms with E-state index in [4.69, 9.17) is 9.84 Å². The molecule has 0 aliphatic heterocycles. The van der Waals surface area contributed by atoms with Crippen LogP contribution in [-0.4, -0.2) is 27.9 Å². The second-order valence-electron chi connectivity index (χ2n) is 2.89. The summed E-state index contributed by atoms with van der Waals surface area (Å²) >= 11 is 0. The van der Waals surface area contributed by atoms with Gasteiger partial charge in [-0.05, 0) is 12.8 Å². The summed E-state index contributed by atoms with van der Waals surface area (Å²) in [5, 5.41) is 15.1. The van der Waals surface area contributed by atoms with Gasteiger partial charge in [-0.3, -0.25) is 5.10 Å². The van der Waals surface area contributed by atoms with Crippen molar-refractivity contribution in [1.29, 1.82) is 0 Å². The van der Waals surface area contributed by atoms with Gasteiger partial charge >= 0.3 is 5.97 Å². The molecule has 0 unspecified atom stereocenters. The second kappa shape index (κ2) is 4.64. The summed E-state index contributed by atoms with van der Waals surface area (Å²) in [6.45, 7) is 4.41. The molecule has 0 saturated heterocycles. The van der Waals surface area contributed by atoms with E-state index in [2.05, 4.69) is 10.2 Å². The van der Waals surface area contributed by atoms with E-state index in [1.807, 2.05) is 13.8 Å². The van der Waals surface area contributed by atoms with Gasteiger partial charge in [-0.15, -0.1) is 5.10 Å². The summed E-state index contributed by atoms with van der Waals surface area (Å²) in [6, 6.07) is 0. The average Bonchev–Trinajstić information content (AvgIpc) is 2.57. The number of carboxylic acids is 1. The zero-order valence-electron chi connectivity index (χ0n) is 8.33. The minimum absolute atomic E-state index is 0.124. The zero-order valence-corrected chi connectivity index (χ0v) is 8.33. The molecule has 0 aromatic carbocycles. The molecule has 2 N–H and O–H groups in total. The smallest absolute Gasteiger partial charge is 0.354 e. The number of hydrogen-bond donors (Lipinski definition) is 2. The molecule has 0 saturated carbocycles. The quantitative estimate of drug-likeness (QED) is 0.751. The maximum atomic E-state index is 10.7. The van der Waals surface area contributed by atoms with Gasteiger partial charge in [0.25, 0.3) is 0 Å². The standard InChI is InChI=1S/C9H14N2O3/c1-3-5-14-8-6(4-2)7(9(12)13)10-11-8/h3-5H2,1-2H3,(H,10,11)(H,12,13). The van der Waals surface area contributed by atoms with Crippen molar-refractivity contribution in [3.8, 4) is 5.88 Å². The number of aromatic amines is 1. The number of rotatable bonds is 5. The SMILES string of the molecule is CCCOc1n[nH]c(C(=O)O)c1CC. The van der Waals surface area contributed by atoms with Crippen LogP contribution in [0.5, 0.6) is 5.88 Å². The normalized spacial score (nSPS) is 10.1. The third-order valence-corrected chi connectivity index (χ3v) is 1.84. The van der Waals surface area contributed by atoms with Crippen molar-refractivity contribution in [3.05, 3.63) is 11.3 Å². The Kier molecular flexibility index (Phi) is 3.50. The topological polar surface area (TPSA) is 75.2 Å². The highest BCUT2D eigenvalue weighted by molar-refractivity contribution is 5.87. The lowest BCUT2D eigenvalue weighted by atomic mass is 10.2. The number of H-pyrrole nitrogens is 1. The summed E-state index contributed by atoms with van der Waals surface area (Å²) < 4.78 is 5.30. The third kappa shape index (κ3) is 2.04. The van der Waals surface area contributed by atoms with Crippen LogP contribution in [-0.2, 0) is 6.42 Å². The molecule has 0 radical (unpaired) electrons. The van der Waals surface area contributed by atoms with Crippen molar-refractivity contribution in [3.63, 3.8) is 0 Å². The van der Waals surface area contributed by atoms with Crippen molar-refractivity contribution in [2.24, 2.45) is 0 Å². The lowest BCUT2D eigenvalue weighted by Crippen LogP contribution is -2.02. The third-order valence-electron chi connectivity index (χ3n) is 1.84. The van der Waals surface area contributed by atoms with Crippen LogP contribution >= 0.6 is 0 Å². The molecule has 0 atom stereocenters. The zero-order chi connectivity index (χ0) is 10.6. The van der Waals surface area contributed by atoms with Crippen LogP contribution in [0.3, 0.4) is 0 Å². The van der Waals surface area contributed by atoms with Crippen molar-refractivity contribution in [2.75, 3.05) is 6.61 Å². The first-order valence-corrected chi connectivity index (χ1v) is 4.64. The van der Waals surface area contributed by atoms with E-state index >= 15 is 0 Å². The van der Waals surface area contributed by atoms with Gasteiger partial charge in [-0.2, -0.15) is 0 Å². The van der Waals surface area contributed by atoms with Gasteiger partial charge in [0.2, 0.25) is 5.88 Å². The van der Waals surface area contributed by atoms with E-state index in [0.29, 0.717) is 24.5 Å². The van der Waals surface area contributed by atoms with Crippen molar-refractivity contribution >= 4 is 5.97 Å².